The van der Waals surface area contributed by atoms with E-state index in [9.17, 15) is 9.50 Å². The topological polar surface area (TPSA) is 50.9 Å². The highest BCUT2D eigenvalue weighted by Crippen LogP contribution is 2.08. The van der Waals surface area contributed by atoms with Gasteiger partial charge >= 0.3 is 0 Å². The van der Waals surface area contributed by atoms with Crippen LogP contribution in [0.15, 0.2) is 30.5 Å². The van der Waals surface area contributed by atoms with Crippen LogP contribution < -0.4 is 0 Å². The smallest absolute Gasteiger partial charge is 0.123 e. The van der Waals surface area contributed by atoms with Crippen molar-refractivity contribution in [2.75, 3.05) is 0 Å². The lowest BCUT2D eigenvalue weighted by molar-refractivity contribution is 0.194. The summed E-state index contributed by atoms with van der Waals surface area (Å²) in [5.41, 5.74) is 1.45. The Morgan fingerprint density at radius 2 is 2.06 bits per heavy atom. The van der Waals surface area contributed by atoms with Gasteiger partial charge in [-0.2, -0.15) is 0 Å². The van der Waals surface area contributed by atoms with Gasteiger partial charge in [0.15, 0.2) is 0 Å². The van der Waals surface area contributed by atoms with Gasteiger partial charge in [0, 0.05) is 6.42 Å². The van der Waals surface area contributed by atoms with Crippen LogP contribution in [0.2, 0.25) is 0 Å². The quantitative estimate of drug-likeness (QED) is 0.850. The lowest BCUT2D eigenvalue weighted by Crippen LogP contribution is -2.04. The third kappa shape index (κ3) is 2.43. The molecule has 0 radical (unpaired) electrons. The first-order valence-electron chi connectivity index (χ1n) is 5.00. The minimum absolute atomic E-state index is 0.284. The molecule has 0 spiro atoms. The minimum Gasteiger partial charge on any atom is -0.393 e. The van der Waals surface area contributed by atoms with E-state index in [4.69, 9.17) is 0 Å². The monoisotopic (exact) mass is 221 g/mol. The second-order valence-electron chi connectivity index (χ2n) is 3.68. The fraction of sp³-hybridized carbons (Fsp3) is 0.273. The summed E-state index contributed by atoms with van der Waals surface area (Å²) in [6.45, 7) is 1.69. The molecule has 0 aliphatic carbocycles. The molecule has 2 rings (SSSR count). The summed E-state index contributed by atoms with van der Waals surface area (Å²) in [6, 6.07) is 5.98. The maximum atomic E-state index is 12.7. The number of aromatic nitrogens is 3. The number of nitrogens with zero attached hydrogens (tertiary/aromatic N) is 3. The number of aliphatic hydroxyl groups is 1. The van der Waals surface area contributed by atoms with E-state index in [0.717, 1.165) is 5.69 Å². The first kappa shape index (κ1) is 10.8. The Balaban J connectivity index is 2.21. The summed E-state index contributed by atoms with van der Waals surface area (Å²) < 4.78 is 14.3. The molecule has 0 amide bonds. The van der Waals surface area contributed by atoms with Crippen molar-refractivity contribution < 1.29 is 9.50 Å². The summed E-state index contributed by atoms with van der Waals surface area (Å²) in [5.74, 6) is -0.284. The molecule has 0 saturated heterocycles. The highest BCUT2D eigenvalue weighted by Gasteiger charge is 2.05. The Bertz CT molecular complexity index is 464. The molecule has 0 fully saturated rings. The number of hydrogen-bond donors (Lipinski definition) is 1. The van der Waals surface area contributed by atoms with E-state index >= 15 is 0 Å². The Kier molecular flexibility index (Phi) is 2.96. The Morgan fingerprint density at radius 3 is 2.69 bits per heavy atom. The van der Waals surface area contributed by atoms with Crippen molar-refractivity contribution in [1.82, 2.24) is 15.0 Å². The molecule has 1 aromatic carbocycles. The van der Waals surface area contributed by atoms with Crippen LogP contribution in [0.5, 0.6) is 0 Å². The maximum absolute atomic E-state index is 12.7. The fourth-order valence-electron chi connectivity index (χ4n) is 1.41. The van der Waals surface area contributed by atoms with Gasteiger partial charge < -0.3 is 5.11 Å². The molecule has 0 bridgehead atoms. The third-order valence-corrected chi connectivity index (χ3v) is 2.14. The van der Waals surface area contributed by atoms with Gasteiger partial charge in [0.2, 0.25) is 0 Å². The van der Waals surface area contributed by atoms with E-state index in [2.05, 4.69) is 10.3 Å². The summed E-state index contributed by atoms with van der Waals surface area (Å²) in [7, 11) is 0. The van der Waals surface area contributed by atoms with Crippen LogP contribution in [0.4, 0.5) is 4.39 Å². The average molecular weight is 221 g/mol. The molecule has 0 aliphatic rings. The molecule has 1 atom stereocenters. The Hall–Kier alpha value is -1.75. The molecule has 84 valence electrons. The van der Waals surface area contributed by atoms with E-state index in [-0.39, 0.29) is 5.82 Å². The van der Waals surface area contributed by atoms with E-state index in [1.165, 1.54) is 12.1 Å². The first-order chi connectivity index (χ1) is 7.65. The van der Waals surface area contributed by atoms with Crippen molar-refractivity contribution in [2.45, 2.75) is 19.4 Å². The number of benzene rings is 1. The van der Waals surface area contributed by atoms with Crippen LogP contribution in [-0.2, 0) is 6.42 Å². The van der Waals surface area contributed by atoms with Crippen molar-refractivity contribution in [1.29, 1.82) is 0 Å². The van der Waals surface area contributed by atoms with Gasteiger partial charge in [-0.1, -0.05) is 5.21 Å². The summed E-state index contributed by atoms with van der Waals surface area (Å²) in [4.78, 5) is 0. The van der Waals surface area contributed by atoms with Crippen molar-refractivity contribution >= 4 is 0 Å². The predicted octanol–water partition coefficient (Wildman–Crippen LogP) is 1.33. The highest BCUT2D eigenvalue weighted by atomic mass is 19.1. The number of hydrogen-bond acceptors (Lipinski definition) is 3. The Labute approximate surface area is 92.3 Å². The SMILES string of the molecule is CC(O)Cc1cn(-c2ccc(F)cc2)nn1. The summed E-state index contributed by atoms with van der Waals surface area (Å²) in [5, 5.41) is 17.0. The maximum Gasteiger partial charge on any atom is 0.123 e. The Morgan fingerprint density at radius 1 is 1.38 bits per heavy atom. The molecule has 0 saturated carbocycles. The van der Waals surface area contributed by atoms with Crippen molar-refractivity contribution in [2.24, 2.45) is 0 Å². The van der Waals surface area contributed by atoms with Gasteiger partial charge in [0.1, 0.15) is 5.82 Å². The molecular weight excluding hydrogens is 209 g/mol. The number of halogens is 1. The third-order valence-electron chi connectivity index (χ3n) is 2.14. The van der Waals surface area contributed by atoms with E-state index in [0.29, 0.717) is 12.1 Å². The molecule has 1 N–H and O–H groups in total. The fourth-order valence-corrected chi connectivity index (χ4v) is 1.41. The summed E-state index contributed by atoms with van der Waals surface area (Å²) >= 11 is 0. The van der Waals surface area contributed by atoms with Gasteiger partial charge in [-0.25, -0.2) is 9.07 Å². The molecule has 5 heteroatoms. The molecule has 1 heterocycles. The van der Waals surface area contributed by atoms with Crippen LogP contribution in [-0.4, -0.2) is 26.2 Å². The molecular formula is C11H12FN3O. The molecule has 1 unspecified atom stereocenters. The van der Waals surface area contributed by atoms with Gasteiger partial charge in [0.05, 0.1) is 23.7 Å². The van der Waals surface area contributed by atoms with Crippen LogP contribution in [0.3, 0.4) is 0 Å². The van der Waals surface area contributed by atoms with Crippen LogP contribution in [0, 0.1) is 5.82 Å². The largest absolute Gasteiger partial charge is 0.393 e. The van der Waals surface area contributed by atoms with E-state index in [1.807, 2.05) is 0 Å². The standard InChI is InChI=1S/C11H12FN3O/c1-8(16)6-10-7-15(14-13-10)11-4-2-9(12)3-5-11/h2-5,7-8,16H,6H2,1H3. The molecule has 0 aliphatic heterocycles. The van der Waals surface area contributed by atoms with Crippen LogP contribution in [0.1, 0.15) is 12.6 Å². The van der Waals surface area contributed by atoms with E-state index in [1.54, 1.807) is 29.9 Å². The average Bonchev–Trinajstić information content (AvgIpc) is 2.66. The first-order valence-corrected chi connectivity index (χ1v) is 5.00. The molecule has 1 aromatic heterocycles. The highest BCUT2D eigenvalue weighted by molar-refractivity contribution is 5.30. The summed E-state index contributed by atoms with van der Waals surface area (Å²) in [6.07, 6.45) is 1.74. The zero-order chi connectivity index (χ0) is 11.5. The van der Waals surface area contributed by atoms with E-state index < -0.39 is 6.10 Å². The second kappa shape index (κ2) is 4.40. The number of rotatable bonds is 3. The molecule has 2 aromatic rings. The van der Waals surface area contributed by atoms with Crippen molar-refractivity contribution in [3.8, 4) is 5.69 Å². The lowest BCUT2D eigenvalue weighted by Gasteiger charge is -1.99. The predicted molar refractivity (Wildman–Crippen MR) is 56.7 cm³/mol. The normalized spacial score (nSPS) is 12.7. The molecule has 4 nitrogen and oxygen atoms in total. The van der Waals surface area contributed by atoms with Crippen molar-refractivity contribution in [3.05, 3.63) is 42.0 Å². The minimum atomic E-state index is -0.446. The van der Waals surface area contributed by atoms with Gasteiger partial charge in [-0.05, 0) is 31.2 Å². The lowest BCUT2D eigenvalue weighted by atomic mass is 10.2. The van der Waals surface area contributed by atoms with Crippen LogP contribution in [0.25, 0.3) is 5.69 Å². The van der Waals surface area contributed by atoms with Gasteiger partial charge in [0.25, 0.3) is 0 Å². The van der Waals surface area contributed by atoms with Gasteiger partial charge in [-0.3, -0.25) is 0 Å². The van der Waals surface area contributed by atoms with Gasteiger partial charge in [-0.15, -0.1) is 5.10 Å². The van der Waals surface area contributed by atoms with Crippen molar-refractivity contribution in [3.63, 3.8) is 0 Å². The second-order valence-corrected chi connectivity index (χ2v) is 3.68. The zero-order valence-electron chi connectivity index (χ0n) is 8.84. The zero-order valence-corrected chi connectivity index (χ0v) is 8.84. The van der Waals surface area contributed by atoms with Crippen LogP contribution >= 0.6 is 0 Å². The number of aliphatic hydroxyl groups excluding tert-OH is 1. The molecule has 16 heavy (non-hydrogen) atoms.